The largest absolute Gasteiger partial charge is 0.497 e. The first-order valence-electron chi connectivity index (χ1n) is 10.1. The normalized spacial score (nSPS) is 17.2. The van der Waals surface area contributed by atoms with E-state index in [0.717, 1.165) is 11.8 Å². The molecule has 31 heavy (non-hydrogen) atoms. The van der Waals surface area contributed by atoms with E-state index < -0.39 is 17.5 Å². The summed E-state index contributed by atoms with van der Waals surface area (Å²) in [5.74, 6) is -0.181. The van der Waals surface area contributed by atoms with Crippen molar-refractivity contribution >= 4 is 34.4 Å². The van der Waals surface area contributed by atoms with E-state index in [2.05, 4.69) is 10.3 Å². The summed E-state index contributed by atoms with van der Waals surface area (Å²) >= 11 is 1.15. The first-order valence-corrected chi connectivity index (χ1v) is 11.0. The molecule has 164 valence electrons. The number of rotatable bonds is 6. The van der Waals surface area contributed by atoms with Crippen LogP contribution in [0.25, 0.3) is 0 Å². The van der Waals surface area contributed by atoms with Crippen LogP contribution < -0.4 is 15.0 Å². The second-order valence-corrected chi connectivity index (χ2v) is 9.47. The van der Waals surface area contributed by atoms with Gasteiger partial charge in [0.05, 0.1) is 18.7 Å². The molecule has 0 aliphatic carbocycles. The molecule has 2 heterocycles. The number of thioether (sulfide) groups is 1. The number of carbonyl (C=O) groups excluding carboxylic acids is 3. The van der Waals surface area contributed by atoms with E-state index >= 15 is 0 Å². The molecule has 2 atom stereocenters. The van der Waals surface area contributed by atoms with Crippen molar-refractivity contribution in [2.24, 2.45) is 5.92 Å². The topological polar surface area (TPSA) is 88.6 Å². The van der Waals surface area contributed by atoms with E-state index in [4.69, 9.17) is 4.74 Å². The quantitative estimate of drug-likeness (QED) is 0.740. The van der Waals surface area contributed by atoms with Gasteiger partial charge in [-0.15, -0.1) is 0 Å². The van der Waals surface area contributed by atoms with Crippen LogP contribution in [0.4, 0.5) is 5.69 Å². The number of anilines is 1. The summed E-state index contributed by atoms with van der Waals surface area (Å²) in [4.78, 5) is 44.9. The van der Waals surface area contributed by atoms with Crippen LogP contribution in [-0.2, 0) is 14.4 Å². The number of hydrogen-bond donors (Lipinski definition) is 1. The van der Waals surface area contributed by atoms with Crippen LogP contribution >= 0.6 is 11.8 Å². The number of ether oxygens (including phenoxy) is 1. The van der Waals surface area contributed by atoms with Gasteiger partial charge in [-0.25, -0.2) is 0 Å². The van der Waals surface area contributed by atoms with E-state index in [1.54, 1.807) is 55.8 Å². The molecule has 1 fully saturated rings. The van der Waals surface area contributed by atoms with Crippen LogP contribution in [0.5, 0.6) is 5.75 Å². The molecule has 1 aliphatic heterocycles. The van der Waals surface area contributed by atoms with Crippen molar-refractivity contribution in [3.05, 3.63) is 54.4 Å². The minimum absolute atomic E-state index is 0.0162. The van der Waals surface area contributed by atoms with Gasteiger partial charge < -0.3 is 10.1 Å². The molecular weight excluding hydrogens is 414 g/mol. The Morgan fingerprint density at radius 3 is 2.58 bits per heavy atom. The number of hydrogen-bond acceptors (Lipinski definition) is 6. The Kier molecular flexibility index (Phi) is 7.00. The molecule has 0 bridgehead atoms. The summed E-state index contributed by atoms with van der Waals surface area (Å²) in [6.45, 7) is 5.64. The molecule has 0 spiro atoms. The van der Waals surface area contributed by atoms with Crippen molar-refractivity contribution in [2.45, 2.75) is 38.8 Å². The fourth-order valence-electron chi connectivity index (χ4n) is 3.39. The highest BCUT2D eigenvalue weighted by atomic mass is 32.2. The minimum Gasteiger partial charge on any atom is -0.497 e. The van der Waals surface area contributed by atoms with Crippen LogP contribution in [0, 0.1) is 5.92 Å². The maximum absolute atomic E-state index is 13.7. The van der Waals surface area contributed by atoms with Crippen molar-refractivity contribution in [3.63, 3.8) is 0 Å². The number of carbonyl (C=O) groups is 3. The zero-order valence-electron chi connectivity index (χ0n) is 18.1. The highest BCUT2D eigenvalue weighted by Gasteiger charge is 2.40. The number of nitrogens with zero attached hydrogens (tertiary/aromatic N) is 2. The Labute approximate surface area is 186 Å². The lowest BCUT2D eigenvalue weighted by molar-refractivity contribution is -0.129. The van der Waals surface area contributed by atoms with Crippen molar-refractivity contribution in [1.29, 1.82) is 0 Å². The molecule has 3 rings (SSSR count). The Bertz CT molecular complexity index is 959. The van der Waals surface area contributed by atoms with Gasteiger partial charge in [0, 0.05) is 35.7 Å². The van der Waals surface area contributed by atoms with E-state index in [0.29, 0.717) is 22.9 Å². The number of aromatic nitrogens is 1. The summed E-state index contributed by atoms with van der Waals surface area (Å²) in [6, 6.07) is 11.3. The van der Waals surface area contributed by atoms with E-state index in [1.807, 2.05) is 20.8 Å². The SMILES string of the molecule is COc1cccc(N(C(=O)C2CSC(=O)C2)C(C(=O)NC(C)(C)C)c2ccccn2)c1. The van der Waals surface area contributed by atoms with Gasteiger partial charge in [0.2, 0.25) is 11.8 Å². The summed E-state index contributed by atoms with van der Waals surface area (Å²) in [7, 11) is 1.54. The molecule has 2 unspecified atom stereocenters. The smallest absolute Gasteiger partial charge is 0.249 e. The zero-order chi connectivity index (χ0) is 22.6. The Morgan fingerprint density at radius 2 is 2.00 bits per heavy atom. The molecule has 0 radical (unpaired) electrons. The Morgan fingerprint density at radius 1 is 1.23 bits per heavy atom. The molecule has 1 saturated heterocycles. The predicted octanol–water partition coefficient (Wildman–Crippen LogP) is 3.36. The number of pyridine rings is 1. The second kappa shape index (κ2) is 9.51. The van der Waals surface area contributed by atoms with Gasteiger partial charge in [0.1, 0.15) is 5.75 Å². The zero-order valence-corrected chi connectivity index (χ0v) is 18.9. The lowest BCUT2D eigenvalue weighted by Crippen LogP contribution is -2.51. The number of amides is 2. The van der Waals surface area contributed by atoms with Gasteiger partial charge >= 0.3 is 0 Å². The van der Waals surface area contributed by atoms with E-state index in [9.17, 15) is 14.4 Å². The average molecular weight is 442 g/mol. The summed E-state index contributed by atoms with van der Waals surface area (Å²) in [6.07, 6.45) is 1.75. The predicted molar refractivity (Wildman–Crippen MR) is 121 cm³/mol. The molecular formula is C23H27N3O4S. The number of methoxy groups -OCH3 is 1. The van der Waals surface area contributed by atoms with Crippen molar-refractivity contribution in [3.8, 4) is 5.75 Å². The fraction of sp³-hybridized carbons (Fsp3) is 0.391. The fourth-order valence-corrected chi connectivity index (χ4v) is 4.36. The van der Waals surface area contributed by atoms with Crippen LogP contribution in [-0.4, -0.2) is 40.3 Å². The molecule has 8 heteroatoms. The summed E-state index contributed by atoms with van der Waals surface area (Å²) in [5.41, 5.74) is 0.442. The highest BCUT2D eigenvalue weighted by molar-refractivity contribution is 8.14. The molecule has 2 aromatic rings. The Hall–Kier alpha value is -2.87. The minimum atomic E-state index is -0.999. The third-order valence-electron chi connectivity index (χ3n) is 4.75. The van der Waals surface area contributed by atoms with Crippen LogP contribution in [0.2, 0.25) is 0 Å². The molecule has 1 aliphatic rings. The summed E-state index contributed by atoms with van der Waals surface area (Å²) < 4.78 is 5.34. The van der Waals surface area contributed by atoms with Gasteiger partial charge in [-0.1, -0.05) is 23.9 Å². The molecule has 1 aromatic carbocycles. The molecule has 1 N–H and O–H groups in total. The monoisotopic (exact) mass is 441 g/mol. The van der Waals surface area contributed by atoms with E-state index in [-0.39, 0.29) is 23.4 Å². The first-order chi connectivity index (χ1) is 14.7. The summed E-state index contributed by atoms with van der Waals surface area (Å²) in [5, 5.41) is 2.96. The molecule has 2 amide bonds. The van der Waals surface area contributed by atoms with E-state index in [1.165, 1.54) is 4.90 Å². The second-order valence-electron chi connectivity index (χ2n) is 8.39. The van der Waals surface area contributed by atoms with Gasteiger partial charge in [-0.2, -0.15) is 0 Å². The maximum Gasteiger partial charge on any atom is 0.249 e. The van der Waals surface area contributed by atoms with Crippen molar-refractivity contribution in [1.82, 2.24) is 10.3 Å². The van der Waals surface area contributed by atoms with Crippen molar-refractivity contribution in [2.75, 3.05) is 17.8 Å². The third-order valence-corrected chi connectivity index (χ3v) is 5.81. The average Bonchev–Trinajstić information content (AvgIpc) is 3.17. The lowest BCUT2D eigenvalue weighted by atomic mass is 10.0. The van der Waals surface area contributed by atoms with Crippen molar-refractivity contribution < 1.29 is 19.1 Å². The van der Waals surface area contributed by atoms with Crippen LogP contribution in [0.1, 0.15) is 38.9 Å². The van der Waals surface area contributed by atoms with Gasteiger partial charge in [-0.3, -0.25) is 24.3 Å². The number of benzene rings is 1. The maximum atomic E-state index is 13.7. The molecule has 1 aromatic heterocycles. The lowest BCUT2D eigenvalue weighted by Gasteiger charge is -2.34. The first kappa shape index (κ1) is 22.8. The molecule has 0 saturated carbocycles. The third kappa shape index (κ3) is 5.64. The number of nitrogens with one attached hydrogen (secondary N) is 1. The van der Waals surface area contributed by atoms with Gasteiger partial charge in [0.15, 0.2) is 11.2 Å². The van der Waals surface area contributed by atoms with Crippen LogP contribution in [0.15, 0.2) is 48.7 Å². The Balaban J connectivity index is 2.13. The van der Waals surface area contributed by atoms with Crippen LogP contribution in [0.3, 0.4) is 0 Å². The molecule has 7 nitrogen and oxygen atoms in total. The standard InChI is InChI=1S/C23H27N3O4S/c1-23(2,3)25-21(28)20(18-10-5-6-11-24-18)26(16-8-7-9-17(13-16)30-4)22(29)15-12-19(27)31-14-15/h5-11,13,15,20H,12,14H2,1-4H3,(H,25,28). The van der Waals surface area contributed by atoms with Gasteiger partial charge in [0.25, 0.3) is 0 Å². The van der Waals surface area contributed by atoms with Gasteiger partial charge in [-0.05, 0) is 45.0 Å². The highest BCUT2D eigenvalue weighted by Crippen LogP contribution is 2.35.